The van der Waals surface area contributed by atoms with Crippen LogP contribution in [0.15, 0.2) is 0 Å². The molecule has 0 aromatic heterocycles. The Balaban J connectivity index is 0. The third-order valence-corrected chi connectivity index (χ3v) is 0. The zero-order valence-corrected chi connectivity index (χ0v) is 1.39. The molecule has 0 heterocycles. The van der Waals surface area contributed by atoms with Crippen LogP contribution in [0.2, 0.25) is 0 Å². The quantitative estimate of drug-likeness (QED) is 0.285. The molecule has 22 valence electrons. The van der Waals surface area contributed by atoms with Crippen molar-refractivity contribution in [3.05, 3.63) is 0 Å². The van der Waals surface area contributed by atoms with Crippen LogP contribution in [0, 0.1) is 11.5 Å². The summed E-state index contributed by atoms with van der Waals surface area (Å²) in [7, 11) is 0. The van der Waals surface area contributed by atoms with Crippen LogP contribution in [0.4, 0.5) is 0 Å². The number of nitrogens with zero attached hydrogens (tertiary/aromatic N) is 1. The van der Waals surface area contributed by atoms with E-state index in [4.69, 9.17) is 10.4 Å². The minimum absolute atomic E-state index is 0. The van der Waals surface area contributed by atoms with Crippen LogP contribution >= 0.6 is 0 Å². The lowest BCUT2D eigenvalue weighted by atomic mass is 11.6. The van der Waals surface area contributed by atoms with Crippen LogP contribution < -0.4 is 0 Å². The number of rotatable bonds is 0. The zero-order chi connectivity index (χ0) is 2.71. The Morgan fingerprint density at radius 1 is 1.75 bits per heavy atom. The molecule has 0 atom stereocenters. The molecule has 0 saturated carbocycles. The largest absolute Gasteiger partial charge is 0.443 e. The Morgan fingerprint density at radius 3 is 1.75 bits per heavy atom. The Hall–Kier alpha value is -0.178. The van der Waals surface area contributed by atoms with Crippen LogP contribution in [0.3, 0.4) is 0 Å². The van der Waals surface area contributed by atoms with Crippen molar-refractivity contribution in [2.45, 2.75) is 0 Å². The van der Waals surface area contributed by atoms with Crippen LogP contribution in [-0.4, -0.2) is 22.5 Å². The molecule has 0 aliphatic heterocycles. The van der Waals surface area contributed by atoms with Crippen LogP contribution in [0.25, 0.3) is 0 Å². The Kier molecular flexibility index (Phi) is 31.8. The van der Waals surface area contributed by atoms with Gasteiger partial charge in [0.25, 0.3) is 6.26 Å². The van der Waals surface area contributed by atoms with Gasteiger partial charge in [-0.3, -0.25) is 0 Å². The first kappa shape index (κ1) is 9.17. The van der Waals surface area contributed by atoms with E-state index < -0.39 is 0 Å². The molecule has 0 bridgehead atoms. The lowest BCUT2D eigenvalue weighted by Gasteiger charge is -1.25. The van der Waals surface area contributed by atoms with Crippen LogP contribution in [0.1, 0.15) is 0 Å². The highest BCUT2D eigenvalue weighted by atomic mass is 27.0. The molecule has 0 saturated heterocycles. The molecule has 0 aromatic rings. The van der Waals surface area contributed by atoms with Crippen molar-refractivity contribution in [2.75, 3.05) is 0 Å². The zero-order valence-electron chi connectivity index (χ0n) is 1.39. The molecule has 0 aliphatic rings. The third kappa shape index (κ3) is 39.1. The van der Waals surface area contributed by atoms with E-state index in [1.165, 1.54) is 0 Å². The van der Waals surface area contributed by atoms with Crippen molar-refractivity contribution in [3.63, 3.8) is 0 Å². The Morgan fingerprint density at radius 2 is 1.75 bits per heavy atom. The number of aliphatic hydroxyl groups excluding tert-OH is 1. The van der Waals surface area contributed by atoms with Gasteiger partial charge in [0.15, 0.2) is 17.4 Å². The predicted octanol–water partition coefficient (Wildman–Crippen LogP) is -1.34. The van der Waals surface area contributed by atoms with E-state index in [9.17, 15) is 0 Å². The summed E-state index contributed by atoms with van der Waals surface area (Å²) in [6.07, 6.45) is 0.750. The standard InChI is InChI=1S/CHNO.Al.3H/c2-1-3;;;;/h3H;;;;. The number of nitriles is 1. The summed E-state index contributed by atoms with van der Waals surface area (Å²) in [6.45, 7) is 0. The van der Waals surface area contributed by atoms with E-state index in [-0.39, 0.29) is 17.4 Å². The number of hydrogen-bond donors (Lipinski definition) is 1. The van der Waals surface area contributed by atoms with Gasteiger partial charge in [0.2, 0.25) is 0 Å². The molecule has 0 fully saturated rings. The maximum absolute atomic E-state index is 6.88. The average molecular weight is 73.0 g/mol. The van der Waals surface area contributed by atoms with Crippen molar-refractivity contribution in [1.29, 1.82) is 5.26 Å². The third-order valence-electron chi connectivity index (χ3n) is 0. The first-order valence-corrected chi connectivity index (χ1v) is 0.447. The van der Waals surface area contributed by atoms with Crippen molar-refractivity contribution < 1.29 is 5.11 Å². The summed E-state index contributed by atoms with van der Waals surface area (Å²) in [4.78, 5) is 0. The van der Waals surface area contributed by atoms with E-state index in [0.29, 0.717) is 0 Å². The Bertz CT molecular complexity index is 29.5. The van der Waals surface area contributed by atoms with E-state index in [0.717, 1.165) is 6.26 Å². The highest BCUT2D eigenvalue weighted by Gasteiger charge is 1.16. The highest BCUT2D eigenvalue weighted by Crippen LogP contribution is 1.06. The van der Waals surface area contributed by atoms with Gasteiger partial charge in [-0.25, -0.2) is 0 Å². The molecule has 3 heteroatoms. The van der Waals surface area contributed by atoms with Crippen molar-refractivity contribution in [1.82, 2.24) is 0 Å². The smallest absolute Gasteiger partial charge is 0.283 e. The summed E-state index contributed by atoms with van der Waals surface area (Å²) in [5.74, 6) is 0. The van der Waals surface area contributed by atoms with Gasteiger partial charge >= 0.3 is 0 Å². The topological polar surface area (TPSA) is 44.0 Å². The van der Waals surface area contributed by atoms with Gasteiger partial charge in [-0.15, -0.1) is 0 Å². The monoisotopic (exact) mass is 73.0 g/mol. The molecule has 0 aliphatic carbocycles. The summed E-state index contributed by atoms with van der Waals surface area (Å²) in [6, 6.07) is 0. The molecule has 2 nitrogen and oxygen atoms in total. The van der Waals surface area contributed by atoms with E-state index >= 15 is 0 Å². The van der Waals surface area contributed by atoms with Gasteiger partial charge in [0.05, 0.1) is 0 Å². The molecular weight excluding hydrogens is 69.0 g/mol. The van der Waals surface area contributed by atoms with Crippen molar-refractivity contribution >= 4 is 17.4 Å². The molecule has 0 rings (SSSR count). The summed E-state index contributed by atoms with van der Waals surface area (Å²) in [5.41, 5.74) is 0. The van der Waals surface area contributed by atoms with Crippen molar-refractivity contribution in [2.24, 2.45) is 0 Å². The maximum atomic E-state index is 6.88. The normalized spacial score (nSPS) is 1.75. The van der Waals surface area contributed by atoms with Gasteiger partial charge < -0.3 is 5.11 Å². The number of aliphatic hydroxyl groups is 1. The second-order valence-electron chi connectivity index (χ2n) is 0.100. The molecule has 1 N–H and O–H groups in total. The molecule has 4 heavy (non-hydrogen) atoms. The Labute approximate surface area is 34.8 Å². The van der Waals surface area contributed by atoms with E-state index in [1.54, 1.807) is 0 Å². The van der Waals surface area contributed by atoms with E-state index in [1.807, 2.05) is 0 Å². The SMILES string of the molecule is N#CO.[AlH3]. The minimum atomic E-state index is 0. The van der Waals surface area contributed by atoms with Gasteiger partial charge in [-0.1, -0.05) is 0 Å². The average Bonchev–Trinajstić information content (AvgIpc) is 0.918. The summed E-state index contributed by atoms with van der Waals surface area (Å²) < 4.78 is 0. The van der Waals surface area contributed by atoms with Crippen LogP contribution in [0.5, 0.6) is 0 Å². The molecular formula is CH4AlNO. The second kappa shape index (κ2) is 13.9. The highest BCUT2D eigenvalue weighted by molar-refractivity contribution is 5.75. The van der Waals surface area contributed by atoms with Crippen LogP contribution in [-0.2, 0) is 0 Å². The fourth-order valence-corrected chi connectivity index (χ4v) is 0. The second-order valence-corrected chi connectivity index (χ2v) is 0.100. The summed E-state index contributed by atoms with van der Waals surface area (Å²) >= 11 is 0. The fraction of sp³-hybridized carbons (Fsp3) is 0. The van der Waals surface area contributed by atoms with Gasteiger partial charge in [0.1, 0.15) is 0 Å². The lowest BCUT2D eigenvalue weighted by molar-refractivity contribution is 0.503. The fourth-order valence-electron chi connectivity index (χ4n) is 0. The molecule has 0 amide bonds. The number of hydrogen-bond acceptors (Lipinski definition) is 2. The van der Waals surface area contributed by atoms with Gasteiger partial charge in [-0.05, 0) is 0 Å². The first-order valence-electron chi connectivity index (χ1n) is 0.447. The van der Waals surface area contributed by atoms with Gasteiger partial charge in [-0.2, -0.15) is 5.26 Å². The molecule has 0 aromatic carbocycles. The molecule has 0 spiro atoms. The first-order chi connectivity index (χ1) is 1.41. The summed E-state index contributed by atoms with van der Waals surface area (Å²) in [5, 5.41) is 13.8. The van der Waals surface area contributed by atoms with Crippen molar-refractivity contribution in [3.8, 4) is 6.26 Å². The molecule has 0 unspecified atom stereocenters. The van der Waals surface area contributed by atoms with Gasteiger partial charge in [0, 0.05) is 0 Å². The lowest BCUT2D eigenvalue weighted by Crippen LogP contribution is -1.27. The minimum Gasteiger partial charge on any atom is -0.443 e. The van der Waals surface area contributed by atoms with E-state index in [2.05, 4.69) is 0 Å². The molecule has 0 radical (unpaired) electrons. The predicted molar refractivity (Wildman–Crippen MR) is 17.5 cm³/mol. The maximum Gasteiger partial charge on any atom is 0.283 e.